The van der Waals surface area contributed by atoms with Crippen LogP contribution in [0.3, 0.4) is 0 Å². The summed E-state index contributed by atoms with van der Waals surface area (Å²) in [6.07, 6.45) is 3.45. The summed E-state index contributed by atoms with van der Waals surface area (Å²) in [4.78, 5) is 18.3. The van der Waals surface area contributed by atoms with Crippen LogP contribution in [0.15, 0.2) is 23.7 Å². The van der Waals surface area contributed by atoms with E-state index in [1.807, 2.05) is 11.4 Å². The molecule has 0 radical (unpaired) electrons. The number of nitrogens with zero attached hydrogens (tertiary/aromatic N) is 2. The molecule has 1 aliphatic rings. The molecular formula is C13H15N3O3S2. The molecule has 1 N–H and O–H groups in total. The molecule has 0 unspecified atom stereocenters. The van der Waals surface area contributed by atoms with Crippen LogP contribution in [-0.2, 0) is 10.0 Å². The molecule has 21 heavy (non-hydrogen) atoms. The second kappa shape index (κ2) is 5.36. The number of carbonyl (C=O) groups is 1. The van der Waals surface area contributed by atoms with Gasteiger partial charge in [0.15, 0.2) is 0 Å². The van der Waals surface area contributed by atoms with E-state index in [4.69, 9.17) is 0 Å². The van der Waals surface area contributed by atoms with E-state index in [0.29, 0.717) is 25.2 Å². The Morgan fingerprint density at radius 2 is 2.33 bits per heavy atom. The topological polar surface area (TPSA) is 79.4 Å². The van der Waals surface area contributed by atoms with Gasteiger partial charge in [-0.25, -0.2) is 13.1 Å². The smallest absolute Gasteiger partial charge is 0.272 e. The molecular weight excluding hydrogens is 310 g/mol. The van der Waals surface area contributed by atoms with Gasteiger partial charge in [0.1, 0.15) is 5.69 Å². The molecule has 112 valence electrons. The second-order valence-electron chi connectivity index (χ2n) is 5.15. The van der Waals surface area contributed by atoms with E-state index in [1.54, 1.807) is 28.5 Å². The van der Waals surface area contributed by atoms with Gasteiger partial charge in [0.25, 0.3) is 5.91 Å². The van der Waals surface area contributed by atoms with Crippen molar-refractivity contribution in [1.82, 2.24) is 14.6 Å². The maximum Gasteiger partial charge on any atom is 0.272 e. The van der Waals surface area contributed by atoms with E-state index < -0.39 is 10.0 Å². The minimum atomic E-state index is -3.24. The number of rotatable bonds is 3. The Kier molecular flexibility index (Phi) is 3.68. The van der Waals surface area contributed by atoms with Crippen LogP contribution in [0.4, 0.5) is 0 Å². The minimum absolute atomic E-state index is 0.150. The minimum Gasteiger partial charge on any atom is -0.336 e. The maximum absolute atomic E-state index is 12.4. The van der Waals surface area contributed by atoms with Gasteiger partial charge < -0.3 is 4.90 Å². The normalized spacial score (nSPS) is 19.3. The lowest BCUT2D eigenvalue weighted by Gasteiger charge is -2.16. The van der Waals surface area contributed by atoms with Crippen molar-refractivity contribution < 1.29 is 13.2 Å². The average molecular weight is 325 g/mol. The molecule has 0 aliphatic carbocycles. The van der Waals surface area contributed by atoms with Crippen LogP contribution >= 0.6 is 11.3 Å². The number of hydrogen-bond donors (Lipinski definition) is 1. The summed E-state index contributed by atoms with van der Waals surface area (Å²) in [6.45, 7) is 0.923. The summed E-state index contributed by atoms with van der Waals surface area (Å²) in [5.41, 5.74) is 0.407. The Hall–Kier alpha value is -1.51. The molecule has 0 spiro atoms. The van der Waals surface area contributed by atoms with Gasteiger partial charge in [-0.15, -0.1) is 11.3 Å². The Morgan fingerprint density at radius 1 is 1.52 bits per heavy atom. The number of amides is 1. The molecule has 0 saturated carbocycles. The standard InChI is InChI=1S/C13H15N3O3S2/c1-21(18,19)15-10-2-4-16(8-10)13(17)11-6-12-9(7-14-11)3-5-20-12/h3,5-7,10,15H,2,4,8H2,1H3/t10-/m1/s1. The number of likely N-dealkylation sites (tertiary alicyclic amines) is 1. The van der Waals surface area contributed by atoms with Gasteiger partial charge >= 0.3 is 0 Å². The number of sulfonamides is 1. The number of thiophene rings is 1. The quantitative estimate of drug-likeness (QED) is 0.915. The van der Waals surface area contributed by atoms with Crippen LogP contribution in [0, 0.1) is 0 Å². The average Bonchev–Trinajstić information content (AvgIpc) is 3.03. The fraction of sp³-hybridized carbons (Fsp3) is 0.385. The molecule has 3 rings (SSSR count). The Bertz CT molecular complexity index is 785. The van der Waals surface area contributed by atoms with Crippen LogP contribution < -0.4 is 4.72 Å². The first-order valence-corrected chi connectivity index (χ1v) is 9.29. The predicted octanol–water partition coefficient (Wildman–Crippen LogP) is 1.06. The van der Waals surface area contributed by atoms with E-state index in [-0.39, 0.29) is 11.9 Å². The summed E-state index contributed by atoms with van der Waals surface area (Å²) in [7, 11) is -3.24. The lowest BCUT2D eigenvalue weighted by atomic mass is 10.3. The van der Waals surface area contributed by atoms with Crippen molar-refractivity contribution in [3.05, 3.63) is 29.4 Å². The largest absolute Gasteiger partial charge is 0.336 e. The summed E-state index contributed by atoms with van der Waals surface area (Å²) in [5.74, 6) is -0.150. The fourth-order valence-electron chi connectivity index (χ4n) is 2.48. The van der Waals surface area contributed by atoms with Crippen molar-refractivity contribution in [3.63, 3.8) is 0 Å². The zero-order valence-corrected chi connectivity index (χ0v) is 13.1. The SMILES string of the molecule is CS(=O)(=O)N[C@@H]1CCN(C(=O)c2cc3sccc3cn2)C1. The first kappa shape index (κ1) is 14.4. The highest BCUT2D eigenvalue weighted by molar-refractivity contribution is 7.88. The Morgan fingerprint density at radius 3 is 3.10 bits per heavy atom. The predicted molar refractivity (Wildman–Crippen MR) is 81.9 cm³/mol. The molecule has 1 saturated heterocycles. The van der Waals surface area contributed by atoms with Crippen molar-refractivity contribution in [2.24, 2.45) is 0 Å². The highest BCUT2D eigenvalue weighted by atomic mass is 32.2. The van der Waals surface area contributed by atoms with Gasteiger partial charge in [-0.3, -0.25) is 9.78 Å². The molecule has 1 aliphatic heterocycles. The highest BCUT2D eigenvalue weighted by Crippen LogP contribution is 2.21. The van der Waals surface area contributed by atoms with Crippen LogP contribution in [0.2, 0.25) is 0 Å². The first-order chi connectivity index (χ1) is 9.92. The van der Waals surface area contributed by atoms with Crippen LogP contribution in [0.25, 0.3) is 10.1 Å². The van der Waals surface area contributed by atoms with E-state index in [0.717, 1.165) is 16.3 Å². The summed E-state index contributed by atoms with van der Waals surface area (Å²) >= 11 is 1.57. The molecule has 6 nitrogen and oxygen atoms in total. The number of hydrogen-bond acceptors (Lipinski definition) is 5. The fourth-order valence-corrected chi connectivity index (χ4v) is 4.07. The summed E-state index contributed by atoms with van der Waals surface area (Å²) < 4.78 is 26.0. The first-order valence-electron chi connectivity index (χ1n) is 6.52. The molecule has 1 amide bonds. The third-order valence-corrected chi connectivity index (χ3v) is 5.05. The molecule has 3 heterocycles. The zero-order chi connectivity index (χ0) is 15.0. The summed E-state index contributed by atoms with van der Waals surface area (Å²) in [5, 5.41) is 2.98. The lowest BCUT2D eigenvalue weighted by molar-refractivity contribution is 0.0784. The molecule has 8 heteroatoms. The molecule has 1 atom stereocenters. The number of aromatic nitrogens is 1. The summed E-state index contributed by atoms with van der Waals surface area (Å²) in [6, 6.07) is 3.54. The second-order valence-corrected chi connectivity index (χ2v) is 7.88. The number of fused-ring (bicyclic) bond motifs is 1. The van der Waals surface area contributed by atoms with E-state index in [1.165, 1.54) is 0 Å². The van der Waals surface area contributed by atoms with Crippen molar-refractivity contribution >= 4 is 37.4 Å². The molecule has 2 aromatic heterocycles. The molecule has 0 bridgehead atoms. The molecule has 2 aromatic rings. The van der Waals surface area contributed by atoms with E-state index in [2.05, 4.69) is 9.71 Å². The monoisotopic (exact) mass is 325 g/mol. The van der Waals surface area contributed by atoms with Crippen LogP contribution in [0.1, 0.15) is 16.9 Å². The molecule has 1 fully saturated rings. The van der Waals surface area contributed by atoms with Gasteiger partial charge in [0.2, 0.25) is 10.0 Å². The lowest BCUT2D eigenvalue weighted by Crippen LogP contribution is -2.38. The van der Waals surface area contributed by atoms with E-state index >= 15 is 0 Å². The maximum atomic E-state index is 12.4. The Labute approximate surface area is 126 Å². The third kappa shape index (κ3) is 3.22. The van der Waals surface area contributed by atoms with Crippen LogP contribution in [0.5, 0.6) is 0 Å². The van der Waals surface area contributed by atoms with Gasteiger partial charge in [-0.05, 0) is 23.9 Å². The van der Waals surface area contributed by atoms with Crippen molar-refractivity contribution in [3.8, 4) is 0 Å². The van der Waals surface area contributed by atoms with E-state index in [9.17, 15) is 13.2 Å². The van der Waals surface area contributed by atoms with Gasteiger partial charge in [0, 0.05) is 35.4 Å². The van der Waals surface area contributed by atoms with Gasteiger partial charge in [-0.2, -0.15) is 0 Å². The van der Waals surface area contributed by atoms with Crippen molar-refractivity contribution in [1.29, 1.82) is 0 Å². The Balaban J connectivity index is 1.74. The van der Waals surface area contributed by atoms with Crippen molar-refractivity contribution in [2.75, 3.05) is 19.3 Å². The zero-order valence-electron chi connectivity index (χ0n) is 11.4. The number of nitrogens with one attached hydrogen (secondary N) is 1. The molecule has 0 aromatic carbocycles. The van der Waals surface area contributed by atoms with Crippen molar-refractivity contribution in [2.45, 2.75) is 12.5 Å². The highest BCUT2D eigenvalue weighted by Gasteiger charge is 2.29. The number of pyridine rings is 1. The van der Waals surface area contributed by atoms with Crippen LogP contribution in [-0.4, -0.2) is 49.6 Å². The third-order valence-electron chi connectivity index (χ3n) is 3.41. The van der Waals surface area contributed by atoms with Gasteiger partial charge in [-0.1, -0.05) is 0 Å². The van der Waals surface area contributed by atoms with Gasteiger partial charge in [0.05, 0.1) is 6.26 Å². The number of carbonyl (C=O) groups excluding carboxylic acids is 1.